The lowest BCUT2D eigenvalue weighted by molar-refractivity contribution is 1.07. The zero-order valence-electron chi connectivity index (χ0n) is 28.0. The molecule has 0 atom stereocenters. The Balaban J connectivity index is 0.00000576. The molecule has 0 heteroatoms. The maximum absolute atomic E-state index is 4.85. The van der Waals surface area contributed by atoms with E-state index in [4.69, 9.17) is 6.58 Å². The highest BCUT2D eigenvalue weighted by Crippen LogP contribution is 2.52. The van der Waals surface area contributed by atoms with Gasteiger partial charge in [-0.05, 0) is 121 Å². The third kappa shape index (κ3) is 8.12. The largest absolute Gasteiger partial charge is 0.0952 e. The van der Waals surface area contributed by atoms with Crippen LogP contribution < -0.4 is 0 Å². The summed E-state index contributed by atoms with van der Waals surface area (Å²) in [6, 6.07) is 32.8. The number of hydrogen-bond acceptors (Lipinski definition) is 0. The molecule has 0 aliphatic carbocycles. The topological polar surface area (TPSA) is 0 Å². The molecule has 4 aromatic carbocycles. The molecule has 46 heavy (non-hydrogen) atoms. The van der Waals surface area contributed by atoms with E-state index in [1.165, 1.54) is 66.8 Å². The molecule has 0 spiro atoms. The van der Waals surface area contributed by atoms with E-state index in [1.807, 2.05) is 0 Å². The molecule has 0 unspecified atom stereocenters. The maximum Gasteiger partial charge on any atom is -0.00140 e. The second-order valence-corrected chi connectivity index (χ2v) is 11.6. The van der Waals surface area contributed by atoms with E-state index in [0.717, 1.165) is 24.8 Å². The molecule has 4 rings (SSSR count). The van der Waals surface area contributed by atoms with E-state index in [0.29, 0.717) is 0 Å². The van der Waals surface area contributed by atoms with Crippen molar-refractivity contribution < 1.29 is 0 Å². The first-order chi connectivity index (χ1) is 22.0. The Morgan fingerprint density at radius 1 is 0.630 bits per heavy atom. The molecule has 0 saturated carbocycles. The Kier molecular flexibility index (Phi) is 13.8. The van der Waals surface area contributed by atoms with Gasteiger partial charge in [0.25, 0.3) is 0 Å². The van der Waals surface area contributed by atoms with Gasteiger partial charge in [0.15, 0.2) is 0 Å². The lowest BCUT2D eigenvalue weighted by Crippen LogP contribution is -2.07. The molecule has 236 valence electrons. The molecule has 0 bridgehead atoms. The third-order valence-corrected chi connectivity index (χ3v) is 7.99. The first-order valence-electron chi connectivity index (χ1n) is 16.3. The number of benzene rings is 4. The molecule has 0 nitrogen and oxygen atoms in total. The predicted octanol–water partition coefficient (Wildman–Crippen LogP) is 14.4. The molecule has 0 aromatic heterocycles. The van der Waals surface area contributed by atoms with Gasteiger partial charge in [0.1, 0.15) is 0 Å². The maximum atomic E-state index is 4.85. The van der Waals surface area contributed by atoms with Gasteiger partial charge in [-0.2, -0.15) is 0 Å². The van der Waals surface area contributed by atoms with Crippen molar-refractivity contribution >= 4 is 16.7 Å². The van der Waals surface area contributed by atoms with E-state index in [1.54, 1.807) is 0 Å². The van der Waals surface area contributed by atoms with Gasteiger partial charge in [-0.25, -0.2) is 0 Å². The van der Waals surface area contributed by atoms with Gasteiger partial charge in [0.05, 0.1) is 0 Å². The highest BCUT2D eigenvalue weighted by molar-refractivity contribution is 6.10. The molecule has 0 heterocycles. The van der Waals surface area contributed by atoms with E-state index >= 15 is 0 Å². The van der Waals surface area contributed by atoms with Crippen LogP contribution in [-0.2, 0) is 0 Å². The van der Waals surface area contributed by atoms with Crippen LogP contribution in [-0.4, -0.2) is 0 Å². The highest BCUT2D eigenvalue weighted by atomic mass is 14.3. The normalized spacial score (nSPS) is 12.0. The van der Waals surface area contributed by atoms with Crippen LogP contribution in [0.25, 0.3) is 50.1 Å². The molecule has 0 aliphatic rings. The van der Waals surface area contributed by atoms with Gasteiger partial charge in [0, 0.05) is 0 Å². The average molecular weight is 605 g/mol. The molecule has 0 aliphatic heterocycles. The first-order valence-corrected chi connectivity index (χ1v) is 16.3. The molecule has 4 aromatic rings. The van der Waals surface area contributed by atoms with Crippen LogP contribution in [0.3, 0.4) is 0 Å². The van der Waals surface area contributed by atoms with Crippen LogP contribution in [0.5, 0.6) is 0 Å². The Labute approximate surface area is 279 Å². The van der Waals surface area contributed by atoms with Crippen LogP contribution in [0.2, 0.25) is 0 Å². The van der Waals surface area contributed by atoms with Crippen LogP contribution >= 0.6 is 0 Å². The fourth-order valence-corrected chi connectivity index (χ4v) is 6.17. The van der Waals surface area contributed by atoms with Crippen LogP contribution in [0, 0.1) is 0 Å². The second-order valence-electron chi connectivity index (χ2n) is 11.6. The fourth-order valence-electron chi connectivity index (χ4n) is 6.17. The van der Waals surface area contributed by atoms with Crippen molar-refractivity contribution in [3.05, 3.63) is 162 Å². The summed E-state index contributed by atoms with van der Waals surface area (Å²) in [6.45, 7) is 17.8. The standard InChI is InChI=1S/C45H48.CH4/c1-8-12-16-25-34(7)40-42(36(23-9-2)24-10-3)45(39-30-21-15-22-31-39)44(38-28-19-14-20-29-38)41(35(11-4)32-33(5)6)43(40)37-26-17-13-18-27-37;/h8-9,11-15,17-24,26-32H,7,10,16,25H2,1-6H3;1H4/b12-8-,23-9-,35-11+,36-24+;. The van der Waals surface area contributed by atoms with Gasteiger partial charge >= 0.3 is 0 Å². The van der Waals surface area contributed by atoms with E-state index in [9.17, 15) is 0 Å². The van der Waals surface area contributed by atoms with Crippen LogP contribution in [0.15, 0.2) is 146 Å². The monoisotopic (exact) mass is 604 g/mol. The summed E-state index contributed by atoms with van der Waals surface area (Å²) in [6.07, 6.45) is 18.6. The minimum atomic E-state index is 0. The Bertz CT molecular complexity index is 1730. The lowest BCUT2D eigenvalue weighted by Gasteiger charge is -2.30. The quantitative estimate of drug-likeness (QED) is 0.111. The van der Waals surface area contributed by atoms with Crippen molar-refractivity contribution in [1.29, 1.82) is 0 Å². The van der Waals surface area contributed by atoms with Crippen molar-refractivity contribution in [3.63, 3.8) is 0 Å². The third-order valence-electron chi connectivity index (χ3n) is 7.99. The zero-order valence-corrected chi connectivity index (χ0v) is 28.0. The van der Waals surface area contributed by atoms with Gasteiger partial charge in [-0.3, -0.25) is 0 Å². The van der Waals surface area contributed by atoms with Crippen LogP contribution in [0.4, 0.5) is 0 Å². The van der Waals surface area contributed by atoms with E-state index < -0.39 is 0 Å². The number of allylic oxidation sites excluding steroid dienone is 11. The summed E-state index contributed by atoms with van der Waals surface area (Å²) in [5.41, 5.74) is 15.9. The van der Waals surface area contributed by atoms with Gasteiger partial charge in [0.2, 0.25) is 0 Å². The smallest absolute Gasteiger partial charge is 0.00140 e. The molecule has 0 radical (unpaired) electrons. The summed E-state index contributed by atoms with van der Waals surface area (Å²) in [5.74, 6) is 0. The fraction of sp³-hybridized carbons (Fsp3) is 0.217. The van der Waals surface area contributed by atoms with E-state index in [2.05, 4.69) is 175 Å². The minimum absolute atomic E-state index is 0. The summed E-state index contributed by atoms with van der Waals surface area (Å²) in [7, 11) is 0. The lowest BCUT2D eigenvalue weighted by atomic mass is 9.73. The van der Waals surface area contributed by atoms with Gasteiger partial charge in [-0.15, -0.1) is 0 Å². The molecule has 0 N–H and O–H groups in total. The SMILES string of the molecule is C.C=C(CC/C=C\C)c1c(C(/C=C\C)=C/CC)c(-c2ccccc2)c(-c2ccccc2)c(/C(C=C(C)C)=C/C)c1-c1ccccc1. The molecule has 0 fully saturated rings. The van der Waals surface area contributed by atoms with Crippen LogP contribution in [0.1, 0.15) is 84.9 Å². The Hall–Kier alpha value is -4.68. The average Bonchev–Trinajstić information content (AvgIpc) is 3.07. The molecule has 0 amide bonds. The Morgan fingerprint density at radius 2 is 1.13 bits per heavy atom. The van der Waals surface area contributed by atoms with E-state index in [-0.39, 0.29) is 7.43 Å². The van der Waals surface area contributed by atoms with Crippen molar-refractivity contribution in [2.24, 2.45) is 0 Å². The van der Waals surface area contributed by atoms with Crippen molar-refractivity contribution in [1.82, 2.24) is 0 Å². The number of rotatable bonds is 12. The number of hydrogen-bond donors (Lipinski definition) is 0. The molecular weight excluding hydrogens is 553 g/mol. The first kappa shape index (κ1) is 35.8. The summed E-state index contributed by atoms with van der Waals surface area (Å²) < 4.78 is 0. The van der Waals surface area contributed by atoms with Crippen molar-refractivity contribution in [2.45, 2.75) is 68.2 Å². The zero-order chi connectivity index (χ0) is 32.2. The Morgan fingerprint density at radius 3 is 1.57 bits per heavy atom. The summed E-state index contributed by atoms with van der Waals surface area (Å²) in [5, 5.41) is 0. The highest BCUT2D eigenvalue weighted by Gasteiger charge is 2.29. The minimum Gasteiger partial charge on any atom is -0.0952 e. The van der Waals surface area contributed by atoms with Crippen molar-refractivity contribution in [3.8, 4) is 33.4 Å². The summed E-state index contributed by atoms with van der Waals surface area (Å²) in [4.78, 5) is 0. The van der Waals surface area contributed by atoms with Crippen molar-refractivity contribution in [2.75, 3.05) is 0 Å². The second kappa shape index (κ2) is 17.7. The van der Waals surface area contributed by atoms with Gasteiger partial charge in [-0.1, -0.05) is 160 Å². The predicted molar refractivity (Wildman–Crippen MR) is 209 cm³/mol. The van der Waals surface area contributed by atoms with Gasteiger partial charge < -0.3 is 0 Å². The molecular formula is C46H52. The molecule has 0 saturated heterocycles. The summed E-state index contributed by atoms with van der Waals surface area (Å²) >= 11 is 0.